The molecule has 14 heavy (non-hydrogen) atoms. The third-order valence-corrected chi connectivity index (χ3v) is 3.02. The minimum Gasteiger partial charge on any atom is -0.381 e. The van der Waals surface area contributed by atoms with E-state index in [0.29, 0.717) is 12.0 Å². The van der Waals surface area contributed by atoms with Gasteiger partial charge in [-0.15, -0.1) is 6.58 Å². The highest BCUT2D eigenvalue weighted by molar-refractivity contribution is 4.76. The molecule has 0 aromatic rings. The molecule has 1 heterocycles. The van der Waals surface area contributed by atoms with Crippen molar-refractivity contribution in [3.8, 4) is 0 Å². The normalized spacial score (nSPS) is 23.6. The molecule has 1 aliphatic heterocycles. The topological polar surface area (TPSA) is 35.2 Å². The Hall–Kier alpha value is -0.340. The van der Waals surface area contributed by atoms with Gasteiger partial charge in [0, 0.05) is 12.6 Å². The molecule has 1 saturated heterocycles. The summed E-state index contributed by atoms with van der Waals surface area (Å²) in [5.74, 6) is 0.620. The zero-order valence-corrected chi connectivity index (χ0v) is 9.08. The maximum absolute atomic E-state index is 6.09. The SMILES string of the molecule is C=CCCCCCC(N)C1CCOC1. The Labute approximate surface area is 87.5 Å². The molecule has 1 aliphatic rings. The molecule has 0 aliphatic carbocycles. The van der Waals surface area contributed by atoms with Crippen LogP contribution in [0.3, 0.4) is 0 Å². The fourth-order valence-corrected chi connectivity index (χ4v) is 1.97. The van der Waals surface area contributed by atoms with Crippen LogP contribution in [0.15, 0.2) is 12.7 Å². The predicted octanol–water partition coefficient (Wildman–Crippen LogP) is 2.49. The highest BCUT2D eigenvalue weighted by Crippen LogP contribution is 2.19. The Morgan fingerprint density at radius 1 is 1.43 bits per heavy atom. The van der Waals surface area contributed by atoms with Crippen LogP contribution in [0.1, 0.15) is 38.5 Å². The lowest BCUT2D eigenvalue weighted by molar-refractivity contribution is 0.179. The molecule has 2 N–H and O–H groups in total. The van der Waals surface area contributed by atoms with Gasteiger partial charge in [-0.1, -0.05) is 18.9 Å². The van der Waals surface area contributed by atoms with Crippen molar-refractivity contribution in [2.45, 2.75) is 44.6 Å². The van der Waals surface area contributed by atoms with Crippen molar-refractivity contribution in [1.29, 1.82) is 0 Å². The molecule has 0 aromatic carbocycles. The van der Waals surface area contributed by atoms with Crippen LogP contribution in [-0.2, 0) is 4.74 Å². The summed E-state index contributed by atoms with van der Waals surface area (Å²) in [6.07, 6.45) is 9.25. The molecule has 0 aromatic heterocycles. The zero-order valence-electron chi connectivity index (χ0n) is 9.08. The lowest BCUT2D eigenvalue weighted by Gasteiger charge is -2.16. The zero-order chi connectivity index (χ0) is 10.2. The number of allylic oxidation sites excluding steroid dienone is 1. The Bertz CT molecular complexity index is 152. The summed E-state index contributed by atoms with van der Waals surface area (Å²) in [6, 6.07) is 0.362. The fraction of sp³-hybridized carbons (Fsp3) is 0.833. The Morgan fingerprint density at radius 3 is 2.93 bits per heavy atom. The van der Waals surface area contributed by atoms with Gasteiger partial charge in [-0.2, -0.15) is 0 Å². The van der Waals surface area contributed by atoms with E-state index in [4.69, 9.17) is 10.5 Å². The first-order valence-corrected chi connectivity index (χ1v) is 5.79. The Morgan fingerprint density at radius 2 is 2.29 bits per heavy atom. The van der Waals surface area contributed by atoms with E-state index >= 15 is 0 Å². The minimum absolute atomic E-state index is 0.362. The lowest BCUT2D eigenvalue weighted by atomic mass is 9.95. The molecule has 2 atom stereocenters. The van der Waals surface area contributed by atoms with Crippen molar-refractivity contribution in [1.82, 2.24) is 0 Å². The highest BCUT2D eigenvalue weighted by atomic mass is 16.5. The van der Waals surface area contributed by atoms with E-state index in [1.54, 1.807) is 0 Å². The van der Waals surface area contributed by atoms with Crippen LogP contribution >= 0.6 is 0 Å². The second kappa shape index (κ2) is 7.02. The van der Waals surface area contributed by atoms with Crippen LogP contribution in [-0.4, -0.2) is 19.3 Å². The van der Waals surface area contributed by atoms with E-state index < -0.39 is 0 Å². The quantitative estimate of drug-likeness (QED) is 0.502. The molecule has 1 fully saturated rings. The van der Waals surface area contributed by atoms with E-state index in [9.17, 15) is 0 Å². The number of hydrogen-bond donors (Lipinski definition) is 1. The largest absolute Gasteiger partial charge is 0.381 e. The number of hydrogen-bond acceptors (Lipinski definition) is 2. The average molecular weight is 197 g/mol. The maximum Gasteiger partial charge on any atom is 0.0509 e. The van der Waals surface area contributed by atoms with Crippen LogP contribution in [0.4, 0.5) is 0 Å². The standard InChI is InChI=1S/C12H23NO/c1-2-3-4-5-6-7-12(13)11-8-9-14-10-11/h2,11-12H,1,3-10,13H2. The summed E-state index contributed by atoms with van der Waals surface area (Å²) < 4.78 is 5.33. The van der Waals surface area contributed by atoms with E-state index in [0.717, 1.165) is 32.5 Å². The summed E-state index contributed by atoms with van der Waals surface area (Å²) >= 11 is 0. The summed E-state index contributed by atoms with van der Waals surface area (Å²) in [4.78, 5) is 0. The Balaban J connectivity index is 1.96. The predicted molar refractivity (Wildman–Crippen MR) is 60.2 cm³/mol. The monoisotopic (exact) mass is 197 g/mol. The average Bonchev–Trinajstić information content (AvgIpc) is 2.70. The molecule has 2 nitrogen and oxygen atoms in total. The van der Waals surface area contributed by atoms with Crippen LogP contribution in [0, 0.1) is 5.92 Å². The molecule has 1 rings (SSSR count). The van der Waals surface area contributed by atoms with Gasteiger partial charge in [-0.05, 0) is 31.6 Å². The number of rotatable bonds is 7. The lowest BCUT2D eigenvalue weighted by Crippen LogP contribution is -2.30. The van der Waals surface area contributed by atoms with Gasteiger partial charge in [0.1, 0.15) is 0 Å². The van der Waals surface area contributed by atoms with Crippen LogP contribution in [0.5, 0.6) is 0 Å². The summed E-state index contributed by atoms with van der Waals surface area (Å²) in [6.45, 7) is 5.51. The maximum atomic E-state index is 6.09. The smallest absolute Gasteiger partial charge is 0.0509 e. The summed E-state index contributed by atoms with van der Waals surface area (Å²) in [5.41, 5.74) is 6.09. The van der Waals surface area contributed by atoms with Crippen LogP contribution < -0.4 is 5.73 Å². The van der Waals surface area contributed by atoms with Crippen molar-refractivity contribution in [2.75, 3.05) is 13.2 Å². The summed E-state index contributed by atoms with van der Waals surface area (Å²) in [5, 5.41) is 0. The van der Waals surface area contributed by atoms with Crippen LogP contribution in [0.25, 0.3) is 0 Å². The van der Waals surface area contributed by atoms with Gasteiger partial charge in [0.05, 0.1) is 6.61 Å². The van der Waals surface area contributed by atoms with Crippen LogP contribution in [0.2, 0.25) is 0 Å². The molecule has 0 bridgehead atoms. The summed E-state index contributed by atoms with van der Waals surface area (Å²) in [7, 11) is 0. The van der Waals surface area contributed by atoms with Gasteiger partial charge in [-0.25, -0.2) is 0 Å². The molecule has 0 spiro atoms. The number of nitrogens with two attached hydrogens (primary N) is 1. The second-order valence-corrected chi connectivity index (χ2v) is 4.21. The van der Waals surface area contributed by atoms with Gasteiger partial charge in [0.15, 0.2) is 0 Å². The van der Waals surface area contributed by atoms with E-state index in [2.05, 4.69) is 6.58 Å². The van der Waals surface area contributed by atoms with Gasteiger partial charge >= 0.3 is 0 Å². The molecule has 82 valence electrons. The van der Waals surface area contributed by atoms with Crippen molar-refractivity contribution in [3.63, 3.8) is 0 Å². The third-order valence-electron chi connectivity index (χ3n) is 3.02. The first-order chi connectivity index (χ1) is 6.84. The first-order valence-electron chi connectivity index (χ1n) is 5.79. The van der Waals surface area contributed by atoms with Gasteiger partial charge in [-0.3, -0.25) is 0 Å². The van der Waals surface area contributed by atoms with Gasteiger partial charge < -0.3 is 10.5 Å². The van der Waals surface area contributed by atoms with Crippen molar-refractivity contribution < 1.29 is 4.74 Å². The van der Waals surface area contributed by atoms with E-state index in [-0.39, 0.29) is 0 Å². The molecule has 0 radical (unpaired) electrons. The van der Waals surface area contributed by atoms with E-state index in [1.807, 2.05) is 6.08 Å². The highest BCUT2D eigenvalue weighted by Gasteiger charge is 2.21. The minimum atomic E-state index is 0.362. The molecule has 0 amide bonds. The number of unbranched alkanes of at least 4 members (excludes halogenated alkanes) is 3. The van der Waals surface area contributed by atoms with Gasteiger partial charge in [0.2, 0.25) is 0 Å². The number of ether oxygens (including phenoxy) is 1. The molecular weight excluding hydrogens is 174 g/mol. The van der Waals surface area contributed by atoms with Gasteiger partial charge in [0.25, 0.3) is 0 Å². The third kappa shape index (κ3) is 4.25. The second-order valence-electron chi connectivity index (χ2n) is 4.21. The van der Waals surface area contributed by atoms with Crippen molar-refractivity contribution in [2.24, 2.45) is 11.7 Å². The van der Waals surface area contributed by atoms with Crippen molar-refractivity contribution in [3.05, 3.63) is 12.7 Å². The molecule has 2 heteroatoms. The van der Waals surface area contributed by atoms with E-state index in [1.165, 1.54) is 19.3 Å². The first kappa shape index (κ1) is 11.7. The fourth-order valence-electron chi connectivity index (χ4n) is 1.97. The Kier molecular flexibility index (Phi) is 5.88. The molecule has 2 unspecified atom stereocenters. The molecule has 0 saturated carbocycles. The molecular formula is C12H23NO. The van der Waals surface area contributed by atoms with Crippen molar-refractivity contribution >= 4 is 0 Å².